The van der Waals surface area contributed by atoms with Crippen LogP contribution in [0.15, 0.2) is 36.8 Å². The molecule has 1 N–H and O–H groups in total. The van der Waals surface area contributed by atoms with Gasteiger partial charge in [0.2, 0.25) is 0 Å². The molecular weight excluding hydrogens is 242 g/mol. The third kappa shape index (κ3) is 3.58. The van der Waals surface area contributed by atoms with Crippen LogP contribution in [0.5, 0.6) is 11.5 Å². The van der Waals surface area contributed by atoms with E-state index in [0.29, 0.717) is 13.2 Å². The van der Waals surface area contributed by atoms with Gasteiger partial charge in [-0.05, 0) is 25.1 Å². The summed E-state index contributed by atoms with van der Waals surface area (Å²) in [6, 6.07) is 7.63. The summed E-state index contributed by atoms with van der Waals surface area (Å²) in [4.78, 5) is 8.04. The van der Waals surface area contributed by atoms with Crippen molar-refractivity contribution in [1.29, 1.82) is 0 Å². The van der Waals surface area contributed by atoms with Crippen LogP contribution in [0.2, 0.25) is 0 Å². The Balaban J connectivity index is 2.05. The van der Waals surface area contributed by atoms with Crippen LogP contribution >= 0.6 is 0 Å². The summed E-state index contributed by atoms with van der Waals surface area (Å²) < 4.78 is 10.8. The lowest BCUT2D eigenvalue weighted by Crippen LogP contribution is -2.02. The lowest BCUT2D eigenvalue weighted by molar-refractivity contribution is 0.311. The maximum absolute atomic E-state index is 5.47. The van der Waals surface area contributed by atoms with Gasteiger partial charge in [0.15, 0.2) is 11.5 Å². The summed E-state index contributed by atoms with van der Waals surface area (Å²) in [5.74, 6) is 1.46. The average Bonchev–Trinajstić information content (AvgIpc) is 2.47. The van der Waals surface area contributed by atoms with Gasteiger partial charge >= 0.3 is 0 Å². The molecule has 1 aromatic carbocycles. The zero-order valence-electron chi connectivity index (χ0n) is 11.1. The van der Waals surface area contributed by atoms with E-state index in [1.807, 2.05) is 31.2 Å². The number of anilines is 1. The number of benzene rings is 1. The van der Waals surface area contributed by atoms with Gasteiger partial charge in [-0.1, -0.05) is 0 Å². The fourth-order valence-electron chi connectivity index (χ4n) is 1.67. The molecule has 0 amide bonds. The smallest absolute Gasteiger partial charge is 0.162 e. The average molecular weight is 259 g/mol. The molecular formula is C14H17N3O2. The molecule has 0 fully saturated rings. The standard InChI is InChI=1S/C14H17N3O2/c1-3-19-13-5-4-11(8-14(13)18-2)16-9-12-6-7-15-10-17-12/h4-8,10,16H,3,9H2,1-2H3. The minimum absolute atomic E-state index is 0.615. The number of hydrogen-bond donors (Lipinski definition) is 1. The van der Waals surface area contributed by atoms with Crippen molar-refractivity contribution in [3.8, 4) is 11.5 Å². The second-order valence-corrected chi connectivity index (χ2v) is 3.85. The van der Waals surface area contributed by atoms with Crippen LogP contribution in [0.25, 0.3) is 0 Å². The highest BCUT2D eigenvalue weighted by molar-refractivity contribution is 5.54. The molecule has 0 atom stereocenters. The molecule has 0 saturated heterocycles. The molecule has 1 heterocycles. The number of aromatic nitrogens is 2. The number of ether oxygens (including phenoxy) is 2. The molecule has 0 bridgehead atoms. The highest BCUT2D eigenvalue weighted by atomic mass is 16.5. The van der Waals surface area contributed by atoms with Crippen LogP contribution < -0.4 is 14.8 Å². The van der Waals surface area contributed by atoms with Crippen LogP contribution in [0, 0.1) is 0 Å². The molecule has 0 spiro atoms. The first-order chi connectivity index (χ1) is 9.33. The van der Waals surface area contributed by atoms with Crippen LogP contribution in [-0.4, -0.2) is 23.7 Å². The van der Waals surface area contributed by atoms with E-state index in [2.05, 4.69) is 15.3 Å². The van der Waals surface area contributed by atoms with Gasteiger partial charge in [0.25, 0.3) is 0 Å². The fourth-order valence-corrected chi connectivity index (χ4v) is 1.67. The van der Waals surface area contributed by atoms with E-state index in [0.717, 1.165) is 22.9 Å². The molecule has 0 aliphatic heterocycles. The molecule has 5 nitrogen and oxygen atoms in total. The predicted octanol–water partition coefficient (Wildman–Crippen LogP) is 2.50. The lowest BCUT2D eigenvalue weighted by atomic mass is 10.2. The maximum Gasteiger partial charge on any atom is 0.162 e. The Morgan fingerprint density at radius 3 is 2.79 bits per heavy atom. The van der Waals surface area contributed by atoms with Crippen LogP contribution in [0.3, 0.4) is 0 Å². The predicted molar refractivity (Wildman–Crippen MR) is 73.5 cm³/mol. The van der Waals surface area contributed by atoms with E-state index >= 15 is 0 Å². The summed E-state index contributed by atoms with van der Waals surface area (Å²) in [5, 5.41) is 3.28. The van der Waals surface area contributed by atoms with E-state index in [1.54, 1.807) is 13.3 Å². The fraction of sp³-hybridized carbons (Fsp3) is 0.286. The molecule has 2 rings (SSSR count). The molecule has 0 radical (unpaired) electrons. The van der Waals surface area contributed by atoms with Gasteiger partial charge in [-0.2, -0.15) is 0 Å². The number of methoxy groups -OCH3 is 1. The summed E-state index contributed by atoms with van der Waals surface area (Å²) in [6.45, 7) is 3.20. The Kier molecular flexibility index (Phi) is 4.55. The number of nitrogens with one attached hydrogen (secondary N) is 1. The summed E-state index contributed by atoms with van der Waals surface area (Å²) in [6.07, 6.45) is 3.26. The van der Waals surface area contributed by atoms with E-state index < -0.39 is 0 Å². The molecule has 19 heavy (non-hydrogen) atoms. The Morgan fingerprint density at radius 1 is 1.21 bits per heavy atom. The first-order valence-corrected chi connectivity index (χ1v) is 6.13. The number of rotatable bonds is 6. The van der Waals surface area contributed by atoms with E-state index in [-0.39, 0.29) is 0 Å². The first kappa shape index (κ1) is 13.1. The van der Waals surface area contributed by atoms with Gasteiger partial charge in [-0.15, -0.1) is 0 Å². The Bertz CT molecular complexity index is 517. The minimum atomic E-state index is 0.615. The van der Waals surface area contributed by atoms with Gasteiger partial charge in [0.1, 0.15) is 6.33 Å². The van der Waals surface area contributed by atoms with Crippen molar-refractivity contribution in [2.45, 2.75) is 13.5 Å². The van der Waals surface area contributed by atoms with Crippen molar-refractivity contribution in [1.82, 2.24) is 9.97 Å². The van der Waals surface area contributed by atoms with Crippen molar-refractivity contribution in [3.63, 3.8) is 0 Å². The van der Waals surface area contributed by atoms with E-state index in [9.17, 15) is 0 Å². The van der Waals surface area contributed by atoms with Crippen molar-refractivity contribution in [2.24, 2.45) is 0 Å². The molecule has 1 aromatic heterocycles. The van der Waals surface area contributed by atoms with Crippen molar-refractivity contribution in [3.05, 3.63) is 42.5 Å². The van der Waals surface area contributed by atoms with Crippen molar-refractivity contribution < 1.29 is 9.47 Å². The third-order valence-corrected chi connectivity index (χ3v) is 2.58. The summed E-state index contributed by atoms with van der Waals surface area (Å²) >= 11 is 0. The van der Waals surface area contributed by atoms with E-state index in [1.165, 1.54) is 6.33 Å². The first-order valence-electron chi connectivity index (χ1n) is 6.13. The monoisotopic (exact) mass is 259 g/mol. The second kappa shape index (κ2) is 6.58. The Labute approximate surface area is 112 Å². The minimum Gasteiger partial charge on any atom is -0.493 e. The topological polar surface area (TPSA) is 56.3 Å². The highest BCUT2D eigenvalue weighted by Gasteiger charge is 2.05. The molecule has 100 valence electrons. The second-order valence-electron chi connectivity index (χ2n) is 3.85. The van der Waals surface area contributed by atoms with Gasteiger partial charge in [-0.3, -0.25) is 0 Å². The maximum atomic E-state index is 5.47. The van der Waals surface area contributed by atoms with Crippen LogP contribution in [-0.2, 0) is 6.54 Å². The zero-order valence-corrected chi connectivity index (χ0v) is 11.1. The summed E-state index contributed by atoms with van der Waals surface area (Å²) in [5.41, 5.74) is 1.89. The van der Waals surface area contributed by atoms with Gasteiger partial charge in [0.05, 0.1) is 26.0 Å². The van der Waals surface area contributed by atoms with E-state index in [4.69, 9.17) is 9.47 Å². The summed E-state index contributed by atoms with van der Waals surface area (Å²) in [7, 11) is 1.63. The van der Waals surface area contributed by atoms with Crippen molar-refractivity contribution >= 4 is 5.69 Å². The quantitative estimate of drug-likeness (QED) is 0.863. The van der Waals surface area contributed by atoms with Gasteiger partial charge in [-0.25, -0.2) is 9.97 Å². The Morgan fingerprint density at radius 2 is 2.11 bits per heavy atom. The highest BCUT2D eigenvalue weighted by Crippen LogP contribution is 2.30. The number of nitrogens with zero attached hydrogens (tertiary/aromatic N) is 2. The molecule has 0 aliphatic rings. The SMILES string of the molecule is CCOc1ccc(NCc2ccncn2)cc1OC. The van der Waals surface area contributed by atoms with Gasteiger partial charge in [0, 0.05) is 18.0 Å². The zero-order chi connectivity index (χ0) is 13.5. The normalized spacial score (nSPS) is 10.0. The molecule has 0 unspecified atom stereocenters. The lowest BCUT2D eigenvalue weighted by Gasteiger charge is -2.12. The van der Waals surface area contributed by atoms with Crippen LogP contribution in [0.1, 0.15) is 12.6 Å². The third-order valence-electron chi connectivity index (χ3n) is 2.58. The van der Waals surface area contributed by atoms with Crippen molar-refractivity contribution in [2.75, 3.05) is 19.0 Å². The molecule has 0 aliphatic carbocycles. The van der Waals surface area contributed by atoms with Gasteiger partial charge < -0.3 is 14.8 Å². The molecule has 0 saturated carbocycles. The number of hydrogen-bond acceptors (Lipinski definition) is 5. The largest absolute Gasteiger partial charge is 0.493 e. The molecule has 2 aromatic rings. The molecule has 5 heteroatoms. The Hall–Kier alpha value is -2.30. The van der Waals surface area contributed by atoms with Crippen LogP contribution in [0.4, 0.5) is 5.69 Å².